The summed E-state index contributed by atoms with van der Waals surface area (Å²) in [5, 5.41) is 16.5. The molecule has 10 heteroatoms. The van der Waals surface area contributed by atoms with Crippen LogP contribution in [0.25, 0.3) is 6.08 Å². The third-order valence-corrected chi connectivity index (χ3v) is 4.01. The van der Waals surface area contributed by atoms with Gasteiger partial charge in [0.05, 0.1) is 22.2 Å². The largest absolute Gasteiger partial charge is 0.482 e. The summed E-state index contributed by atoms with van der Waals surface area (Å²) >= 11 is 0. The molecular formula is C18H13N3O7. The number of nitrogens with zero attached hydrogens (tertiary/aromatic N) is 1. The lowest BCUT2D eigenvalue weighted by atomic mass is 10.1. The molecule has 2 aromatic carbocycles. The topological polar surface area (TPSA) is 129 Å². The van der Waals surface area contributed by atoms with Gasteiger partial charge in [0.1, 0.15) is 5.75 Å². The van der Waals surface area contributed by atoms with E-state index >= 15 is 0 Å². The summed E-state index contributed by atoms with van der Waals surface area (Å²) in [6, 6.07) is 7.49. The molecule has 142 valence electrons. The predicted molar refractivity (Wildman–Crippen MR) is 97.4 cm³/mol. The summed E-state index contributed by atoms with van der Waals surface area (Å²) in [5.41, 5.74) is 0.876. The van der Waals surface area contributed by atoms with Gasteiger partial charge in [0.25, 0.3) is 11.6 Å². The molecule has 4 rings (SSSR count). The predicted octanol–water partition coefficient (Wildman–Crippen LogP) is 2.31. The number of fused-ring (bicyclic) bond motifs is 2. The van der Waals surface area contributed by atoms with Crippen LogP contribution in [0.4, 0.5) is 17.1 Å². The minimum atomic E-state index is -0.564. The van der Waals surface area contributed by atoms with E-state index in [1.807, 2.05) is 0 Å². The molecule has 2 heterocycles. The van der Waals surface area contributed by atoms with Crippen molar-refractivity contribution in [1.29, 1.82) is 0 Å². The quantitative estimate of drug-likeness (QED) is 0.471. The lowest BCUT2D eigenvalue weighted by Gasteiger charge is -2.18. The standard InChI is InChI=1S/C18H13N3O7/c22-17(19-11-2-3-14-12(6-11)20-18(23)8-26-14)4-1-10-5-15-16(28-9-27-15)7-13(10)21(24)25/h1-7H,8-9H2,(H,19,22)(H,20,23)/b4-1+. The van der Waals surface area contributed by atoms with Crippen molar-refractivity contribution in [1.82, 2.24) is 0 Å². The first kappa shape index (κ1) is 17.3. The molecule has 2 aliphatic rings. The van der Waals surface area contributed by atoms with E-state index in [2.05, 4.69) is 10.6 Å². The van der Waals surface area contributed by atoms with Crippen LogP contribution in [0.1, 0.15) is 5.56 Å². The van der Waals surface area contributed by atoms with Gasteiger partial charge in [-0.1, -0.05) is 0 Å². The van der Waals surface area contributed by atoms with Crippen molar-refractivity contribution in [3.05, 3.63) is 52.1 Å². The number of nitro groups is 1. The van der Waals surface area contributed by atoms with Crippen LogP contribution in [0.5, 0.6) is 17.2 Å². The molecule has 0 spiro atoms. The number of nitro benzene ring substituents is 1. The molecule has 0 atom stereocenters. The van der Waals surface area contributed by atoms with Crippen LogP contribution in [0.15, 0.2) is 36.4 Å². The zero-order valence-electron chi connectivity index (χ0n) is 14.3. The average Bonchev–Trinajstić information content (AvgIpc) is 3.12. The molecule has 0 fully saturated rings. The maximum Gasteiger partial charge on any atom is 0.280 e. The number of rotatable bonds is 4. The average molecular weight is 383 g/mol. The van der Waals surface area contributed by atoms with Gasteiger partial charge in [-0.3, -0.25) is 19.7 Å². The van der Waals surface area contributed by atoms with Crippen molar-refractivity contribution in [3.8, 4) is 17.2 Å². The summed E-state index contributed by atoms with van der Waals surface area (Å²) in [5.74, 6) is 0.368. The van der Waals surface area contributed by atoms with E-state index in [1.165, 1.54) is 24.3 Å². The first-order valence-corrected chi connectivity index (χ1v) is 8.13. The van der Waals surface area contributed by atoms with E-state index < -0.39 is 10.8 Å². The molecular weight excluding hydrogens is 370 g/mol. The minimum Gasteiger partial charge on any atom is -0.482 e. The molecule has 0 unspecified atom stereocenters. The molecule has 0 saturated heterocycles. The summed E-state index contributed by atoms with van der Waals surface area (Å²) < 4.78 is 15.6. The Kier molecular flexibility index (Phi) is 4.28. The summed E-state index contributed by atoms with van der Waals surface area (Å²) in [6.07, 6.45) is 2.48. The Morgan fingerprint density at radius 2 is 1.93 bits per heavy atom. The number of carbonyl (C=O) groups is 2. The molecule has 10 nitrogen and oxygen atoms in total. The third-order valence-electron chi connectivity index (χ3n) is 4.01. The number of amides is 2. The number of benzene rings is 2. The number of hydrogen-bond acceptors (Lipinski definition) is 7. The second-order valence-electron chi connectivity index (χ2n) is 5.89. The zero-order valence-corrected chi connectivity index (χ0v) is 14.3. The summed E-state index contributed by atoms with van der Waals surface area (Å²) in [7, 11) is 0. The molecule has 0 aliphatic carbocycles. The molecule has 2 amide bonds. The van der Waals surface area contributed by atoms with Crippen LogP contribution in [-0.2, 0) is 9.59 Å². The van der Waals surface area contributed by atoms with Crippen LogP contribution in [0.2, 0.25) is 0 Å². The van der Waals surface area contributed by atoms with E-state index in [1.54, 1.807) is 18.2 Å². The monoisotopic (exact) mass is 383 g/mol. The number of anilines is 2. The van der Waals surface area contributed by atoms with Crippen molar-refractivity contribution >= 4 is 35.0 Å². The van der Waals surface area contributed by atoms with Crippen molar-refractivity contribution in [2.45, 2.75) is 0 Å². The highest BCUT2D eigenvalue weighted by molar-refractivity contribution is 6.03. The fourth-order valence-corrected chi connectivity index (χ4v) is 2.75. The Bertz CT molecular complexity index is 1030. The molecule has 0 bridgehead atoms. The van der Waals surface area contributed by atoms with Gasteiger partial charge in [0.15, 0.2) is 18.1 Å². The molecule has 2 N–H and O–H groups in total. The van der Waals surface area contributed by atoms with Crippen molar-refractivity contribution in [3.63, 3.8) is 0 Å². The molecule has 0 saturated carbocycles. The first-order valence-electron chi connectivity index (χ1n) is 8.13. The third kappa shape index (κ3) is 3.43. The Morgan fingerprint density at radius 3 is 2.71 bits per heavy atom. The van der Waals surface area contributed by atoms with Crippen molar-refractivity contribution in [2.24, 2.45) is 0 Å². The Labute approximate surface area is 157 Å². The van der Waals surface area contributed by atoms with Crippen LogP contribution in [0, 0.1) is 10.1 Å². The second kappa shape index (κ2) is 6.91. The maximum absolute atomic E-state index is 12.2. The molecule has 0 aromatic heterocycles. The van der Waals surface area contributed by atoms with Crippen molar-refractivity contribution < 1.29 is 28.7 Å². The fraction of sp³-hybridized carbons (Fsp3) is 0.111. The molecule has 28 heavy (non-hydrogen) atoms. The van der Waals surface area contributed by atoms with E-state index in [0.717, 1.165) is 0 Å². The zero-order chi connectivity index (χ0) is 19.7. The fourth-order valence-electron chi connectivity index (χ4n) is 2.75. The SMILES string of the molecule is O=C(/C=C/c1cc2c(cc1[N+](=O)[O-])OCO2)Nc1ccc2c(c1)NC(=O)CO2. The van der Waals surface area contributed by atoms with Crippen molar-refractivity contribution in [2.75, 3.05) is 24.0 Å². The highest BCUT2D eigenvalue weighted by atomic mass is 16.7. The van der Waals surface area contributed by atoms with Crippen LogP contribution in [-0.4, -0.2) is 30.1 Å². The van der Waals surface area contributed by atoms with Gasteiger partial charge >= 0.3 is 0 Å². The molecule has 0 radical (unpaired) electrons. The van der Waals surface area contributed by atoms with Gasteiger partial charge in [-0.05, 0) is 30.3 Å². The summed E-state index contributed by atoms with van der Waals surface area (Å²) in [4.78, 5) is 34.3. The number of hydrogen-bond donors (Lipinski definition) is 2. The number of nitrogens with one attached hydrogen (secondary N) is 2. The smallest absolute Gasteiger partial charge is 0.280 e. The Balaban J connectivity index is 1.51. The van der Waals surface area contributed by atoms with E-state index in [0.29, 0.717) is 22.9 Å². The van der Waals surface area contributed by atoms with Gasteiger partial charge < -0.3 is 24.8 Å². The Hall–Kier alpha value is -4.08. The lowest BCUT2D eigenvalue weighted by molar-refractivity contribution is -0.385. The number of ether oxygens (including phenoxy) is 3. The minimum absolute atomic E-state index is 0.0152. The van der Waals surface area contributed by atoms with Gasteiger partial charge in [-0.15, -0.1) is 0 Å². The van der Waals surface area contributed by atoms with Gasteiger partial charge in [-0.25, -0.2) is 0 Å². The second-order valence-corrected chi connectivity index (χ2v) is 5.89. The molecule has 2 aliphatic heterocycles. The van der Waals surface area contributed by atoms with E-state index in [9.17, 15) is 19.7 Å². The van der Waals surface area contributed by atoms with Gasteiger partial charge in [-0.2, -0.15) is 0 Å². The highest BCUT2D eigenvalue weighted by Gasteiger charge is 2.22. The summed E-state index contributed by atoms with van der Waals surface area (Å²) in [6.45, 7) is -0.0749. The van der Waals surface area contributed by atoms with Gasteiger partial charge in [0, 0.05) is 11.8 Å². The van der Waals surface area contributed by atoms with Crippen LogP contribution in [0.3, 0.4) is 0 Å². The van der Waals surface area contributed by atoms with Crippen LogP contribution >= 0.6 is 0 Å². The number of carbonyl (C=O) groups excluding carboxylic acids is 2. The first-order chi connectivity index (χ1) is 13.5. The van der Waals surface area contributed by atoms with Crippen LogP contribution < -0.4 is 24.8 Å². The van der Waals surface area contributed by atoms with E-state index in [4.69, 9.17) is 14.2 Å². The van der Waals surface area contributed by atoms with E-state index in [-0.39, 0.29) is 36.3 Å². The Morgan fingerprint density at radius 1 is 1.14 bits per heavy atom. The maximum atomic E-state index is 12.2. The normalized spacial score (nSPS) is 14.2. The molecule has 2 aromatic rings. The van der Waals surface area contributed by atoms with Gasteiger partial charge in [0.2, 0.25) is 12.7 Å². The highest BCUT2D eigenvalue weighted by Crippen LogP contribution is 2.38. The lowest BCUT2D eigenvalue weighted by Crippen LogP contribution is -2.25.